The summed E-state index contributed by atoms with van der Waals surface area (Å²) >= 11 is 0. The summed E-state index contributed by atoms with van der Waals surface area (Å²) in [6, 6.07) is 14.0. The molecule has 7 nitrogen and oxygen atoms in total. The minimum Gasteiger partial charge on any atom is -0.493 e. The molecule has 0 bridgehead atoms. The molecule has 0 saturated carbocycles. The SMILES string of the molecule is COc1cc2nncc(-n3ncc4cc(-c5ccncc5)ccc43)c2cc1OC. The van der Waals surface area contributed by atoms with E-state index in [2.05, 4.69) is 38.5 Å². The maximum absolute atomic E-state index is 5.46. The van der Waals surface area contributed by atoms with Crippen molar-refractivity contribution in [3.63, 3.8) is 0 Å². The molecule has 0 aliphatic heterocycles. The van der Waals surface area contributed by atoms with Gasteiger partial charge in [-0.15, -0.1) is 0 Å². The van der Waals surface area contributed by atoms with Crippen molar-refractivity contribution in [1.82, 2.24) is 25.0 Å². The van der Waals surface area contributed by atoms with E-state index in [4.69, 9.17) is 9.47 Å². The largest absolute Gasteiger partial charge is 0.493 e. The molecule has 0 atom stereocenters. The van der Waals surface area contributed by atoms with Crippen LogP contribution in [-0.4, -0.2) is 39.2 Å². The third-order valence-electron chi connectivity index (χ3n) is 4.93. The fourth-order valence-electron chi connectivity index (χ4n) is 3.49. The van der Waals surface area contributed by atoms with Gasteiger partial charge in [-0.1, -0.05) is 6.07 Å². The van der Waals surface area contributed by atoms with Gasteiger partial charge < -0.3 is 9.47 Å². The Kier molecular flexibility index (Phi) is 4.05. The first-order valence-electron chi connectivity index (χ1n) is 9.04. The van der Waals surface area contributed by atoms with Crippen LogP contribution < -0.4 is 9.47 Å². The molecule has 5 rings (SSSR count). The summed E-state index contributed by atoms with van der Waals surface area (Å²) in [5, 5.41) is 14.9. The van der Waals surface area contributed by atoms with Crippen LogP contribution in [0.1, 0.15) is 0 Å². The summed E-state index contributed by atoms with van der Waals surface area (Å²) in [5.41, 5.74) is 4.73. The normalized spacial score (nSPS) is 11.1. The highest BCUT2D eigenvalue weighted by Crippen LogP contribution is 2.34. The van der Waals surface area contributed by atoms with Gasteiger partial charge in [-0.05, 0) is 41.5 Å². The standard InChI is InChI=1S/C22H17N5O2/c1-28-21-10-17-18(11-22(21)29-2)26-24-13-20(17)27-19-4-3-15(9-16(19)12-25-27)14-5-7-23-8-6-14/h3-13H,1-2H3. The number of ether oxygens (including phenoxy) is 2. The van der Waals surface area contributed by atoms with Crippen molar-refractivity contribution in [3.8, 4) is 28.3 Å². The second-order valence-corrected chi connectivity index (χ2v) is 6.52. The number of benzene rings is 2. The first kappa shape index (κ1) is 17.1. The average molecular weight is 383 g/mol. The zero-order valence-corrected chi connectivity index (χ0v) is 15.9. The Hall–Kier alpha value is -4.00. The molecule has 3 heterocycles. The molecule has 0 unspecified atom stereocenters. The Balaban J connectivity index is 1.69. The van der Waals surface area contributed by atoms with Crippen LogP contribution >= 0.6 is 0 Å². The summed E-state index contributed by atoms with van der Waals surface area (Å²) in [5.74, 6) is 1.24. The van der Waals surface area contributed by atoms with Crippen molar-refractivity contribution in [1.29, 1.82) is 0 Å². The van der Waals surface area contributed by atoms with Gasteiger partial charge in [-0.3, -0.25) is 4.98 Å². The van der Waals surface area contributed by atoms with E-state index in [-0.39, 0.29) is 0 Å². The number of methoxy groups -OCH3 is 2. The molecule has 0 amide bonds. The quantitative estimate of drug-likeness (QED) is 0.466. The van der Waals surface area contributed by atoms with Gasteiger partial charge in [0, 0.05) is 29.2 Å². The first-order chi connectivity index (χ1) is 14.3. The highest BCUT2D eigenvalue weighted by Gasteiger charge is 2.14. The molecule has 3 aromatic heterocycles. The van der Waals surface area contributed by atoms with Crippen molar-refractivity contribution in [3.05, 3.63) is 67.3 Å². The molecule has 142 valence electrons. The van der Waals surface area contributed by atoms with Crippen molar-refractivity contribution in [2.45, 2.75) is 0 Å². The minimum absolute atomic E-state index is 0.610. The molecule has 5 aromatic rings. The summed E-state index contributed by atoms with van der Waals surface area (Å²) in [7, 11) is 3.21. The molecule has 0 aliphatic rings. The first-order valence-corrected chi connectivity index (χ1v) is 9.04. The van der Waals surface area contributed by atoms with Gasteiger partial charge in [0.05, 0.1) is 43.3 Å². The van der Waals surface area contributed by atoms with Crippen molar-refractivity contribution in [2.75, 3.05) is 14.2 Å². The van der Waals surface area contributed by atoms with Crippen molar-refractivity contribution < 1.29 is 9.47 Å². The van der Waals surface area contributed by atoms with E-state index in [1.807, 2.05) is 35.1 Å². The zero-order chi connectivity index (χ0) is 19.8. The smallest absolute Gasteiger partial charge is 0.162 e. The molecule has 2 aromatic carbocycles. The lowest BCUT2D eigenvalue weighted by molar-refractivity contribution is 0.355. The van der Waals surface area contributed by atoms with Gasteiger partial charge in [-0.2, -0.15) is 15.3 Å². The maximum Gasteiger partial charge on any atom is 0.162 e. The lowest BCUT2D eigenvalue weighted by Crippen LogP contribution is -2.01. The summed E-state index contributed by atoms with van der Waals surface area (Å²) < 4.78 is 12.7. The lowest BCUT2D eigenvalue weighted by Gasteiger charge is -2.11. The molecular formula is C22H17N5O2. The van der Waals surface area contributed by atoms with E-state index >= 15 is 0 Å². The van der Waals surface area contributed by atoms with Crippen LogP contribution in [0, 0.1) is 0 Å². The van der Waals surface area contributed by atoms with Crippen LogP contribution in [0.3, 0.4) is 0 Å². The van der Waals surface area contributed by atoms with E-state index in [1.165, 1.54) is 0 Å². The van der Waals surface area contributed by atoms with Gasteiger partial charge in [0.25, 0.3) is 0 Å². The highest BCUT2D eigenvalue weighted by atomic mass is 16.5. The number of fused-ring (bicyclic) bond motifs is 2. The molecule has 29 heavy (non-hydrogen) atoms. The fourth-order valence-corrected chi connectivity index (χ4v) is 3.49. The van der Waals surface area contributed by atoms with E-state index < -0.39 is 0 Å². The van der Waals surface area contributed by atoms with Gasteiger partial charge in [0.1, 0.15) is 0 Å². The molecule has 0 fully saturated rings. The average Bonchev–Trinajstić information content (AvgIpc) is 3.21. The van der Waals surface area contributed by atoms with E-state index in [0.717, 1.165) is 33.1 Å². The van der Waals surface area contributed by atoms with E-state index in [9.17, 15) is 0 Å². The number of hydrogen-bond acceptors (Lipinski definition) is 6. The van der Waals surface area contributed by atoms with Crippen LogP contribution in [0.4, 0.5) is 0 Å². The van der Waals surface area contributed by atoms with Gasteiger partial charge in [-0.25, -0.2) is 4.68 Å². The van der Waals surface area contributed by atoms with Crippen LogP contribution in [0.5, 0.6) is 11.5 Å². The molecular weight excluding hydrogens is 366 g/mol. The number of rotatable bonds is 4. The summed E-state index contributed by atoms with van der Waals surface area (Å²) in [6.45, 7) is 0. The van der Waals surface area contributed by atoms with Crippen molar-refractivity contribution >= 4 is 21.8 Å². The van der Waals surface area contributed by atoms with Crippen LogP contribution in [0.2, 0.25) is 0 Å². The molecule has 0 saturated heterocycles. The Morgan fingerprint density at radius 2 is 1.62 bits per heavy atom. The Morgan fingerprint density at radius 1 is 0.828 bits per heavy atom. The van der Waals surface area contributed by atoms with E-state index in [0.29, 0.717) is 17.0 Å². The lowest BCUT2D eigenvalue weighted by atomic mass is 10.1. The topological polar surface area (TPSA) is 75.0 Å². The summed E-state index contributed by atoms with van der Waals surface area (Å²) in [6.07, 6.45) is 7.14. The minimum atomic E-state index is 0.610. The zero-order valence-electron chi connectivity index (χ0n) is 15.9. The van der Waals surface area contributed by atoms with Crippen LogP contribution in [-0.2, 0) is 0 Å². The molecule has 0 aliphatic carbocycles. The van der Waals surface area contributed by atoms with Gasteiger partial charge in [0.15, 0.2) is 11.5 Å². The fraction of sp³-hybridized carbons (Fsp3) is 0.0909. The second-order valence-electron chi connectivity index (χ2n) is 6.52. The Bertz CT molecular complexity index is 1330. The molecule has 0 N–H and O–H groups in total. The third kappa shape index (κ3) is 2.84. The van der Waals surface area contributed by atoms with Gasteiger partial charge in [0.2, 0.25) is 0 Å². The number of nitrogens with zero attached hydrogens (tertiary/aromatic N) is 5. The highest BCUT2D eigenvalue weighted by molar-refractivity contribution is 5.92. The number of aromatic nitrogens is 5. The predicted octanol–water partition coefficient (Wildman–Crippen LogP) is 4.05. The van der Waals surface area contributed by atoms with Crippen LogP contribution in [0.25, 0.3) is 38.6 Å². The molecule has 0 radical (unpaired) electrons. The third-order valence-corrected chi connectivity index (χ3v) is 4.93. The predicted molar refractivity (Wildman–Crippen MR) is 111 cm³/mol. The van der Waals surface area contributed by atoms with E-state index in [1.54, 1.807) is 32.8 Å². The summed E-state index contributed by atoms with van der Waals surface area (Å²) in [4.78, 5) is 4.08. The number of hydrogen-bond donors (Lipinski definition) is 0. The Morgan fingerprint density at radius 3 is 2.41 bits per heavy atom. The number of pyridine rings is 1. The molecule has 0 spiro atoms. The van der Waals surface area contributed by atoms with Crippen LogP contribution in [0.15, 0.2) is 67.3 Å². The monoisotopic (exact) mass is 383 g/mol. The molecule has 7 heteroatoms. The maximum atomic E-state index is 5.46. The van der Waals surface area contributed by atoms with Gasteiger partial charge >= 0.3 is 0 Å². The second kappa shape index (κ2) is 6.87. The van der Waals surface area contributed by atoms with Crippen molar-refractivity contribution in [2.24, 2.45) is 0 Å². The Labute approximate surface area is 166 Å².